The molecular formula is C35H64N2O2. The van der Waals surface area contributed by atoms with Gasteiger partial charge in [-0.15, -0.1) is 0 Å². The maximum absolute atomic E-state index is 11.8. The minimum Gasteiger partial charge on any atom is -0.508 e. The van der Waals surface area contributed by atoms with Gasteiger partial charge in [-0.25, -0.2) is 4.79 Å². The minimum absolute atomic E-state index is 0.118. The topological polar surface area (TPSA) is 61.4 Å². The Kier molecular flexibility index (Phi) is 25.2. The summed E-state index contributed by atoms with van der Waals surface area (Å²) in [4.78, 5) is 11.8. The van der Waals surface area contributed by atoms with E-state index < -0.39 is 0 Å². The highest BCUT2D eigenvalue weighted by atomic mass is 16.3. The fraction of sp³-hybridized carbons (Fsp3) is 0.800. The third-order valence-corrected chi connectivity index (χ3v) is 7.96. The summed E-state index contributed by atoms with van der Waals surface area (Å²) < 4.78 is 0. The lowest BCUT2D eigenvalue weighted by atomic mass is 10.0. The molecule has 0 saturated heterocycles. The first-order valence-corrected chi connectivity index (χ1v) is 17.0. The van der Waals surface area contributed by atoms with Gasteiger partial charge >= 0.3 is 6.03 Å². The summed E-state index contributed by atoms with van der Waals surface area (Å²) in [5.74, 6) is 0.244. The molecule has 0 bridgehead atoms. The largest absolute Gasteiger partial charge is 0.508 e. The molecule has 2 amide bonds. The Morgan fingerprint density at radius 3 is 1.21 bits per heavy atom. The maximum atomic E-state index is 11.8. The van der Waals surface area contributed by atoms with Crippen LogP contribution in [0, 0.1) is 0 Å². The smallest absolute Gasteiger partial charge is 0.315 e. The summed E-state index contributed by atoms with van der Waals surface area (Å²) in [7, 11) is 0. The number of phenolic OH excluding ortho intramolecular Hbond substituents is 1. The molecule has 1 aromatic carbocycles. The van der Waals surface area contributed by atoms with Crippen LogP contribution in [0.2, 0.25) is 0 Å². The summed E-state index contributed by atoms with van der Waals surface area (Å²) in [6.07, 6.45) is 35.1. The van der Waals surface area contributed by atoms with Crippen LogP contribution < -0.4 is 10.6 Å². The van der Waals surface area contributed by atoms with Crippen LogP contribution in [0.15, 0.2) is 24.3 Å². The third kappa shape index (κ3) is 25.0. The van der Waals surface area contributed by atoms with Crippen molar-refractivity contribution in [2.24, 2.45) is 0 Å². The predicted molar refractivity (Wildman–Crippen MR) is 169 cm³/mol. The zero-order valence-electron chi connectivity index (χ0n) is 25.8. The first-order chi connectivity index (χ1) is 19.2. The number of urea groups is 1. The first-order valence-electron chi connectivity index (χ1n) is 17.0. The van der Waals surface area contributed by atoms with Gasteiger partial charge in [-0.2, -0.15) is 0 Å². The van der Waals surface area contributed by atoms with Gasteiger partial charge in [-0.1, -0.05) is 173 Å². The fourth-order valence-corrected chi connectivity index (χ4v) is 5.32. The van der Waals surface area contributed by atoms with Gasteiger partial charge in [0.05, 0.1) is 0 Å². The molecule has 0 aliphatic carbocycles. The van der Waals surface area contributed by atoms with E-state index in [1.165, 1.54) is 154 Å². The molecule has 1 aromatic rings. The van der Waals surface area contributed by atoms with E-state index in [0.29, 0.717) is 6.54 Å². The highest BCUT2D eigenvalue weighted by molar-refractivity contribution is 5.73. The Morgan fingerprint density at radius 2 is 0.846 bits per heavy atom. The summed E-state index contributed by atoms with van der Waals surface area (Å²) >= 11 is 0. The first kappa shape index (κ1) is 35.3. The molecule has 0 fully saturated rings. The molecule has 0 saturated carbocycles. The van der Waals surface area contributed by atoms with Gasteiger partial charge < -0.3 is 15.7 Å². The molecule has 0 aromatic heterocycles. The van der Waals surface area contributed by atoms with E-state index in [4.69, 9.17) is 0 Å². The number of amides is 2. The van der Waals surface area contributed by atoms with Gasteiger partial charge in [0, 0.05) is 13.1 Å². The second-order valence-corrected chi connectivity index (χ2v) is 11.8. The van der Waals surface area contributed by atoms with Crippen molar-refractivity contribution in [1.29, 1.82) is 0 Å². The van der Waals surface area contributed by atoms with Crippen molar-refractivity contribution in [3.63, 3.8) is 0 Å². The third-order valence-electron chi connectivity index (χ3n) is 7.96. The Balaban J connectivity index is 1.68. The van der Waals surface area contributed by atoms with Crippen molar-refractivity contribution in [1.82, 2.24) is 10.6 Å². The highest BCUT2D eigenvalue weighted by Crippen LogP contribution is 2.16. The van der Waals surface area contributed by atoms with Crippen LogP contribution >= 0.6 is 0 Å². The number of aromatic hydroxyl groups is 1. The average molecular weight is 545 g/mol. The Hall–Kier alpha value is -1.71. The van der Waals surface area contributed by atoms with Crippen molar-refractivity contribution in [2.45, 2.75) is 174 Å². The number of benzene rings is 1. The average Bonchev–Trinajstić information content (AvgIpc) is 2.94. The number of nitrogens with one attached hydrogen (secondary N) is 2. The normalized spacial score (nSPS) is 11.1. The molecule has 39 heavy (non-hydrogen) atoms. The number of unbranched alkanes of at least 4 members (excludes halogenated alkanes) is 24. The maximum Gasteiger partial charge on any atom is 0.315 e. The van der Waals surface area contributed by atoms with Gasteiger partial charge in [-0.05, 0) is 24.1 Å². The van der Waals surface area contributed by atoms with E-state index in [1.807, 2.05) is 12.1 Å². The summed E-state index contributed by atoms with van der Waals surface area (Å²) in [6.45, 7) is 3.51. The standard InChI is InChI=1S/C35H64N2O2/c1-2-3-4-5-6-7-8-9-10-11-12-13-14-15-16-17-18-19-20-21-22-23-24-25-26-31-36-35(39)37-32-33-27-29-34(38)30-28-33/h27-30,38H,2-26,31-32H2,1H3,(H2,36,37,39). The predicted octanol–water partition coefficient (Wildman–Crippen LogP) is 11.0. The lowest BCUT2D eigenvalue weighted by Crippen LogP contribution is -2.35. The molecule has 4 heteroatoms. The number of carbonyl (C=O) groups is 1. The molecule has 0 aliphatic heterocycles. The molecule has 0 radical (unpaired) electrons. The van der Waals surface area contributed by atoms with E-state index in [9.17, 15) is 9.90 Å². The second-order valence-electron chi connectivity index (χ2n) is 11.8. The molecule has 0 unspecified atom stereocenters. The number of carbonyl (C=O) groups excluding carboxylic acids is 1. The van der Waals surface area contributed by atoms with Crippen LogP contribution in [0.4, 0.5) is 4.79 Å². The quantitative estimate of drug-likeness (QED) is 0.0918. The van der Waals surface area contributed by atoms with E-state index >= 15 is 0 Å². The number of rotatable bonds is 28. The van der Waals surface area contributed by atoms with Gasteiger partial charge in [0.15, 0.2) is 0 Å². The highest BCUT2D eigenvalue weighted by Gasteiger charge is 2.00. The number of hydrogen-bond donors (Lipinski definition) is 3. The Bertz CT molecular complexity index is 647. The van der Waals surface area contributed by atoms with Crippen LogP contribution in [0.25, 0.3) is 0 Å². The van der Waals surface area contributed by atoms with E-state index in [0.717, 1.165) is 18.5 Å². The molecule has 0 aliphatic rings. The van der Waals surface area contributed by atoms with E-state index in [-0.39, 0.29) is 11.8 Å². The molecule has 226 valence electrons. The van der Waals surface area contributed by atoms with Gasteiger partial charge in [0.1, 0.15) is 5.75 Å². The van der Waals surface area contributed by atoms with Crippen LogP contribution in [0.5, 0.6) is 5.75 Å². The summed E-state index contributed by atoms with van der Waals surface area (Å²) in [5, 5.41) is 15.1. The van der Waals surface area contributed by atoms with Gasteiger partial charge in [-0.3, -0.25) is 0 Å². The van der Waals surface area contributed by atoms with Crippen molar-refractivity contribution >= 4 is 6.03 Å². The zero-order chi connectivity index (χ0) is 28.1. The van der Waals surface area contributed by atoms with Crippen molar-refractivity contribution in [2.75, 3.05) is 6.54 Å². The summed E-state index contributed by atoms with van der Waals surface area (Å²) in [6, 6.07) is 6.79. The fourth-order valence-electron chi connectivity index (χ4n) is 5.32. The number of phenols is 1. The minimum atomic E-state index is -0.118. The van der Waals surface area contributed by atoms with E-state index in [1.54, 1.807) is 12.1 Å². The lowest BCUT2D eigenvalue weighted by molar-refractivity contribution is 0.240. The second kappa shape index (κ2) is 27.8. The Morgan fingerprint density at radius 1 is 0.513 bits per heavy atom. The van der Waals surface area contributed by atoms with Crippen molar-refractivity contribution in [3.05, 3.63) is 29.8 Å². The SMILES string of the molecule is CCCCCCCCCCCCCCCCCCCCCCCCCCCNC(=O)NCc1ccc(O)cc1. The van der Waals surface area contributed by atoms with Crippen LogP contribution in [-0.4, -0.2) is 17.7 Å². The van der Waals surface area contributed by atoms with Crippen LogP contribution in [0.1, 0.15) is 173 Å². The molecular weight excluding hydrogens is 480 g/mol. The molecule has 0 spiro atoms. The monoisotopic (exact) mass is 544 g/mol. The number of hydrogen-bond acceptors (Lipinski definition) is 2. The van der Waals surface area contributed by atoms with Gasteiger partial charge in [0.2, 0.25) is 0 Å². The van der Waals surface area contributed by atoms with Gasteiger partial charge in [0.25, 0.3) is 0 Å². The summed E-state index contributed by atoms with van der Waals surface area (Å²) in [5.41, 5.74) is 0.980. The van der Waals surface area contributed by atoms with E-state index in [2.05, 4.69) is 17.6 Å². The zero-order valence-corrected chi connectivity index (χ0v) is 25.8. The van der Waals surface area contributed by atoms with Crippen LogP contribution in [0.3, 0.4) is 0 Å². The van der Waals surface area contributed by atoms with Crippen molar-refractivity contribution < 1.29 is 9.90 Å². The van der Waals surface area contributed by atoms with Crippen LogP contribution in [-0.2, 0) is 6.54 Å². The molecule has 0 heterocycles. The lowest BCUT2D eigenvalue weighted by Gasteiger charge is -2.08. The molecule has 4 nitrogen and oxygen atoms in total. The molecule has 3 N–H and O–H groups in total. The molecule has 1 rings (SSSR count). The molecule has 0 atom stereocenters. The Labute approximate surface area is 242 Å². The van der Waals surface area contributed by atoms with Crippen molar-refractivity contribution in [3.8, 4) is 5.75 Å².